The van der Waals surface area contributed by atoms with Gasteiger partial charge in [0, 0.05) is 17.8 Å². The van der Waals surface area contributed by atoms with Crippen molar-refractivity contribution in [2.45, 2.75) is 26.5 Å². The van der Waals surface area contributed by atoms with Gasteiger partial charge in [-0.1, -0.05) is 36.4 Å². The molecule has 0 fully saturated rings. The summed E-state index contributed by atoms with van der Waals surface area (Å²) in [6.07, 6.45) is 1.90. The number of aromatic amines is 1. The van der Waals surface area contributed by atoms with Gasteiger partial charge < -0.3 is 15.0 Å². The third-order valence-electron chi connectivity index (χ3n) is 4.43. The summed E-state index contributed by atoms with van der Waals surface area (Å²) in [5.74, 6) is 0.895. The van der Waals surface area contributed by atoms with Crippen LogP contribution in [-0.4, -0.2) is 16.1 Å². The fourth-order valence-corrected chi connectivity index (χ4v) is 3.16. The zero-order chi connectivity index (χ0) is 18.6. The van der Waals surface area contributed by atoms with Gasteiger partial charge >= 0.3 is 0 Å². The zero-order valence-corrected chi connectivity index (χ0v) is 15.6. The Balaban J connectivity index is 1.53. The molecule has 0 aliphatic heterocycles. The third-order valence-corrected chi connectivity index (χ3v) is 4.43. The Morgan fingerprint density at radius 1 is 1.00 bits per heavy atom. The molecule has 4 nitrogen and oxygen atoms in total. The van der Waals surface area contributed by atoms with E-state index in [1.54, 1.807) is 6.33 Å². The van der Waals surface area contributed by atoms with Gasteiger partial charge in [-0.3, -0.25) is 0 Å². The Morgan fingerprint density at radius 3 is 2.63 bits per heavy atom. The molecule has 0 atom stereocenters. The molecule has 0 amide bonds. The summed E-state index contributed by atoms with van der Waals surface area (Å²) in [5.41, 5.74) is 6.71. The van der Waals surface area contributed by atoms with Crippen LogP contribution in [0.2, 0.25) is 0 Å². The first kappa shape index (κ1) is 17.2. The van der Waals surface area contributed by atoms with Crippen LogP contribution in [0, 0.1) is 0 Å². The Hall–Kier alpha value is -3.27. The van der Waals surface area contributed by atoms with Crippen molar-refractivity contribution in [2.75, 3.05) is 5.32 Å². The van der Waals surface area contributed by atoms with Crippen molar-refractivity contribution < 1.29 is 4.74 Å². The number of hydrogen-bond acceptors (Lipinski definition) is 3. The number of anilines is 1. The van der Waals surface area contributed by atoms with Gasteiger partial charge in [-0.25, -0.2) is 4.98 Å². The highest BCUT2D eigenvalue weighted by atomic mass is 16.5. The summed E-state index contributed by atoms with van der Waals surface area (Å²) in [6.45, 7) is 4.82. The Bertz CT molecular complexity index is 1030. The maximum absolute atomic E-state index is 5.75. The van der Waals surface area contributed by atoms with Crippen molar-refractivity contribution in [3.63, 3.8) is 0 Å². The summed E-state index contributed by atoms with van der Waals surface area (Å²) in [6, 6.07) is 22.9. The topological polar surface area (TPSA) is 49.9 Å². The highest BCUT2D eigenvalue weighted by molar-refractivity contribution is 5.78. The molecule has 27 heavy (non-hydrogen) atoms. The third kappa shape index (κ3) is 3.95. The Labute approximate surface area is 159 Å². The standard InChI is InChI=1S/C23H23N3O/c1-16(2)27-19-10-8-18(9-11-19)20-5-3-4-6-21(20)24-14-17-7-12-22-23(13-17)26-15-25-22/h3-13,15-16,24H,14H2,1-2H3,(H,25,26). The van der Waals surface area contributed by atoms with E-state index in [4.69, 9.17) is 4.74 Å². The van der Waals surface area contributed by atoms with E-state index < -0.39 is 0 Å². The quantitative estimate of drug-likeness (QED) is 0.470. The number of aromatic nitrogens is 2. The normalized spacial score (nSPS) is 11.1. The second-order valence-electron chi connectivity index (χ2n) is 6.84. The number of rotatable bonds is 6. The van der Waals surface area contributed by atoms with Gasteiger partial charge in [0.2, 0.25) is 0 Å². The molecule has 0 aliphatic carbocycles. The van der Waals surface area contributed by atoms with E-state index >= 15 is 0 Å². The molecule has 2 N–H and O–H groups in total. The summed E-state index contributed by atoms with van der Waals surface area (Å²) in [5, 5.41) is 3.57. The number of nitrogens with one attached hydrogen (secondary N) is 2. The molecule has 4 rings (SSSR count). The average Bonchev–Trinajstić information content (AvgIpc) is 3.15. The van der Waals surface area contributed by atoms with Crippen molar-refractivity contribution in [3.05, 3.63) is 78.6 Å². The lowest BCUT2D eigenvalue weighted by Crippen LogP contribution is -2.05. The smallest absolute Gasteiger partial charge is 0.119 e. The van der Waals surface area contributed by atoms with Crippen LogP contribution in [0.3, 0.4) is 0 Å². The molecular formula is C23H23N3O. The summed E-state index contributed by atoms with van der Waals surface area (Å²) < 4.78 is 5.75. The molecule has 1 heterocycles. The number of ether oxygens (including phenoxy) is 1. The van der Waals surface area contributed by atoms with Gasteiger partial charge in [-0.05, 0) is 55.3 Å². The minimum Gasteiger partial charge on any atom is -0.491 e. The van der Waals surface area contributed by atoms with Gasteiger partial charge in [0.1, 0.15) is 5.75 Å². The van der Waals surface area contributed by atoms with Gasteiger partial charge in [0.05, 0.1) is 23.5 Å². The number of imidazole rings is 1. The first-order chi connectivity index (χ1) is 13.2. The van der Waals surface area contributed by atoms with Crippen LogP contribution in [0.1, 0.15) is 19.4 Å². The highest BCUT2D eigenvalue weighted by Crippen LogP contribution is 2.30. The van der Waals surface area contributed by atoms with Crippen molar-refractivity contribution in [3.8, 4) is 16.9 Å². The molecule has 0 radical (unpaired) electrons. The fourth-order valence-electron chi connectivity index (χ4n) is 3.16. The van der Waals surface area contributed by atoms with E-state index in [-0.39, 0.29) is 6.10 Å². The van der Waals surface area contributed by atoms with Crippen molar-refractivity contribution in [2.24, 2.45) is 0 Å². The Kier molecular flexibility index (Phi) is 4.79. The Morgan fingerprint density at radius 2 is 1.81 bits per heavy atom. The lowest BCUT2D eigenvalue weighted by molar-refractivity contribution is 0.242. The second kappa shape index (κ2) is 7.54. The van der Waals surface area contributed by atoms with E-state index in [2.05, 4.69) is 63.8 Å². The summed E-state index contributed by atoms with van der Waals surface area (Å²) >= 11 is 0. The lowest BCUT2D eigenvalue weighted by Gasteiger charge is -2.14. The van der Waals surface area contributed by atoms with Crippen LogP contribution in [0.15, 0.2) is 73.1 Å². The molecular weight excluding hydrogens is 334 g/mol. The molecule has 0 aliphatic rings. The zero-order valence-electron chi connectivity index (χ0n) is 15.6. The molecule has 136 valence electrons. The average molecular weight is 357 g/mol. The first-order valence-electron chi connectivity index (χ1n) is 9.21. The SMILES string of the molecule is CC(C)Oc1ccc(-c2ccccc2NCc2ccc3nc[nH]c3c2)cc1. The van der Waals surface area contributed by atoms with Crippen molar-refractivity contribution in [1.82, 2.24) is 9.97 Å². The maximum atomic E-state index is 5.75. The number of para-hydroxylation sites is 1. The molecule has 4 aromatic rings. The fraction of sp³-hybridized carbons (Fsp3) is 0.174. The predicted octanol–water partition coefficient (Wildman–Crippen LogP) is 5.63. The van der Waals surface area contributed by atoms with Crippen molar-refractivity contribution >= 4 is 16.7 Å². The second-order valence-corrected chi connectivity index (χ2v) is 6.84. The number of H-pyrrole nitrogens is 1. The highest BCUT2D eigenvalue weighted by Gasteiger charge is 2.06. The molecule has 3 aromatic carbocycles. The van der Waals surface area contributed by atoms with E-state index in [1.807, 2.05) is 32.0 Å². The predicted molar refractivity (Wildman–Crippen MR) is 111 cm³/mol. The largest absolute Gasteiger partial charge is 0.491 e. The van der Waals surface area contributed by atoms with Gasteiger partial charge in [0.15, 0.2) is 0 Å². The van der Waals surface area contributed by atoms with E-state index in [9.17, 15) is 0 Å². The monoisotopic (exact) mass is 357 g/mol. The van der Waals surface area contributed by atoms with E-state index in [1.165, 1.54) is 16.7 Å². The van der Waals surface area contributed by atoms with Crippen LogP contribution in [-0.2, 0) is 6.54 Å². The van der Waals surface area contributed by atoms with Crippen LogP contribution in [0.25, 0.3) is 22.2 Å². The maximum Gasteiger partial charge on any atom is 0.119 e. The van der Waals surface area contributed by atoms with Crippen LogP contribution in [0.5, 0.6) is 5.75 Å². The van der Waals surface area contributed by atoms with Crippen LogP contribution >= 0.6 is 0 Å². The number of nitrogens with zero attached hydrogens (tertiary/aromatic N) is 1. The van der Waals surface area contributed by atoms with Crippen LogP contribution < -0.4 is 10.1 Å². The molecule has 0 saturated heterocycles. The van der Waals surface area contributed by atoms with Gasteiger partial charge in [0.25, 0.3) is 0 Å². The molecule has 0 bridgehead atoms. The number of benzene rings is 3. The molecule has 0 saturated carbocycles. The minimum atomic E-state index is 0.178. The van der Waals surface area contributed by atoms with Gasteiger partial charge in [-0.15, -0.1) is 0 Å². The number of fused-ring (bicyclic) bond motifs is 1. The first-order valence-corrected chi connectivity index (χ1v) is 9.21. The lowest BCUT2D eigenvalue weighted by atomic mass is 10.0. The molecule has 1 aromatic heterocycles. The minimum absolute atomic E-state index is 0.178. The van der Waals surface area contributed by atoms with Gasteiger partial charge in [-0.2, -0.15) is 0 Å². The van der Waals surface area contributed by atoms with Crippen LogP contribution in [0.4, 0.5) is 5.69 Å². The molecule has 0 unspecified atom stereocenters. The molecule has 4 heteroatoms. The number of hydrogen-bond donors (Lipinski definition) is 2. The van der Waals surface area contributed by atoms with E-state index in [0.29, 0.717) is 0 Å². The molecule has 0 spiro atoms. The summed E-state index contributed by atoms with van der Waals surface area (Å²) in [4.78, 5) is 7.43. The summed E-state index contributed by atoms with van der Waals surface area (Å²) in [7, 11) is 0. The van der Waals surface area contributed by atoms with Crippen molar-refractivity contribution in [1.29, 1.82) is 0 Å². The van der Waals surface area contributed by atoms with E-state index in [0.717, 1.165) is 29.0 Å².